The second-order valence-corrected chi connectivity index (χ2v) is 6.54. The van der Waals surface area contributed by atoms with Gasteiger partial charge in [0.05, 0.1) is 12.5 Å². The van der Waals surface area contributed by atoms with E-state index in [1.807, 2.05) is 24.0 Å². The molecule has 2 aliphatic heterocycles. The standard InChI is InChI=1S/C15H22N4O/c1-18-7-6-16-14(18)9-19(11-3-4-11)15(20)12-8-10-2-5-13(12)17-10/h6-7,10-13,17H,2-5,8-9H2,1H3. The molecule has 1 aliphatic carbocycles. The van der Waals surface area contributed by atoms with Crippen LogP contribution in [0.25, 0.3) is 0 Å². The first-order chi connectivity index (χ1) is 9.72. The highest BCUT2D eigenvalue weighted by Crippen LogP contribution is 2.37. The molecular weight excluding hydrogens is 252 g/mol. The second kappa shape index (κ2) is 4.58. The van der Waals surface area contributed by atoms with Crippen molar-refractivity contribution in [2.75, 3.05) is 0 Å². The maximum atomic E-state index is 12.9. The van der Waals surface area contributed by atoms with Gasteiger partial charge in [0.15, 0.2) is 0 Å². The number of hydrogen-bond donors (Lipinski definition) is 1. The first-order valence-corrected chi connectivity index (χ1v) is 7.75. The number of aryl methyl sites for hydroxylation is 1. The lowest BCUT2D eigenvalue weighted by Gasteiger charge is -2.28. The van der Waals surface area contributed by atoms with Crippen LogP contribution in [0.15, 0.2) is 12.4 Å². The Morgan fingerprint density at radius 3 is 2.85 bits per heavy atom. The van der Waals surface area contributed by atoms with Crippen LogP contribution in [-0.4, -0.2) is 38.5 Å². The number of amides is 1. The van der Waals surface area contributed by atoms with E-state index >= 15 is 0 Å². The number of fused-ring (bicyclic) bond motifs is 2. The number of carbonyl (C=O) groups is 1. The van der Waals surface area contributed by atoms with Gasteiger partial charge in [-0.25, -0.2) is 4.98 Å². The van der Waals surface area contributed by atoms with Crippen LogP contribution in [0.3, 0.4) is 0 Å². The fourth-order valence-electron chi connectivity index (χ4n) is 3.78. The summed E-state index contributed by atoms with van der Waals surface area (Å²) in [6.07, 6.45) is 9.52. The van der Waals surface area contributed by atoms with Crippen molar-refractivity contribution in [3.63, 3.8) is 0 Å². The smallest absolute Gasteiger partial charge is 0.227 e. The Morgan fingerprint density at radius 2 is 2.30 bits per heavy atom. The molecule has 4 rings (SSSR count). The van der Waals surface area contributed by atoms with Crippen molar-refractivity contribution < 1.29 is 4.79 Å². The summed E-state index contributed by atoms with van der Waals surface area (Å²) in [7, 11) is 2.00. The molecule has 20 heavy (non-hydrogen) atoms. The minimum absolute atomic E-state index is 0.203. The Morgan fingerprint density at radius 1 is 1.45 bits per heavy atom. The number of imidazole rings is 1. The van der Waals surface area contributed by atoms with Crippen LogP contribution in [0.4, 0.5) is 0 Å². The Bertz CT molecular complexity index is 522. The van der Waals surface area contributed by atoms with Gasteiger partial charge in [0, 0.05) is 37.6 Å². The Kier molecular flexibility index (Phi) is 2.84. The fraction of sp³-hybridized carbons (Fsp3) is 0.733. The number of nitrogens with one attached hydrogen (secondary N) is 1. The van der Waals surface area contributed by atoms with Gasteiger partial charge in [0.25, 0.3) is 0 Å². The van der Waals surface area contributed by atoms with Crippen LogP contribution in [0.1, 0.15) is 37.9 Å². The van der Waals surface area contributed by atoms with Crippen molar-refractivity contribution in [1.29, 1.82) is 0 Å². The Labute approximate surface area is 119 Å². The fourth-order valence-corrected chi connectivity index (χ4v) is 3.78. The molecule has 108 valence electrons. The molecule has 3 unspecified atom stereocenters. The van der Waals surface area contributed by atoms with Gasteiger partial charge < -0.3 is 14.8 Å². The summed E-state index contributed by atoms with van der Waals surface area (Å²) in [6, 6.07) is 1.47. The van der Waals surface area contributed by atoms with Crippen molar-refractivity contribution in [1.82, 2.24) is 19.8 Å². The zero-order valence-corrected chi connectivity index (χ0v) is 12.0. The molecule has 1 saturated carbocycles. The summed E-state index contributed by atoms with van der Waals surface area (Å²) in [5.41, 5.74) is 0. The average Bonchev–Trinajstić information content (AvgIpc) is 2.87. The molecule has 3 heterocycles. The van der Waals surface area contributed by atoms with Gasteiger partial charge in [0.1, 0.15) is 5.82 Å². The SMILES string of the molecule is Cn1ccnc1CN(C(=O)C1CC2CCC1N2)C1CC1. The van der Waals surface area contributed by atoms with E-state index in [1.54, 1.807) is 0 Å². The Hall–Kier alpha value is -1.36. The van der Waals surface area contributed by atoms with Gasteiger partial charge in [-0.05, 0) is 32.1 Å². The molecule has 1 aromatic heterocycles. The average molecular weight is 274 g/mol. The second-order valence-electron chi connectivity index (χ2n) is 6.54. The molecule has 5 nitrogen and oxygen atoms in total. The monoisotopic (exact) mass is 274 g/mol. The van der Waals surface area contributed by atoms with Crippen LogP contribution in [0.5, 0.6) is 0 Å². The van der Waals surface area contributed by atoms with Crippen molar-refractivity contribution in [2.45, 2.75) is 56.8 Å². The highest BCUT2D eigenvalue weighted by atomic mass is 16.2. The summed E-state index contributed by atoms with van der Waals surface area (Å²) in [5.74, 6) is 1.55. The molecule has 3 atom stereocenters. The van der Waals surface area contributed by atoms with Crippen LogP contribution >= 0.6 is 0 Å². The van der Waals surface area contributed by atoms with Crippen LogP contribution in [-0.2, 0) is 18.4 Å². The molecule has 2 bridgehead atoms. The van der Waals surface area contributed by atoms with E-state index in [2.05, 4.69) is 15.2 Å². The third kappa shape index (κ3) is 2.04. The molecular formula is C15H22N4O. The van der Waals surface area contributed by atoms with E-state index in [-0.39, 0.29) is 5.92 Å². The lowest BCUT2D eigenvalue weighted by Crippen LogP contribution is -2.42. The highest BCUT2D eigenvalue weighted by molar-refractivity contribution is 5.81. The van der Waals surface area contributed by atoms with E-state index in [4.69, 9.17) is 0 Å². The Balaban J connectivity index is 1.51. The van der Waals surface area contributed by atoms with Crippen LogP contribution < -0.4 is 5.32 Å². The lowest BCUT2D eigenvalue weighted by molar-refractivity contribution is -0.137. The predicted molar refractivity (Wildman–Crippen MR) is 74.8 cm³/mol. The number of rotatable bonds is 4. The van der Waals surface area contributed by atoms with E-state index < -0.39 is 0 Å². The largest absolute Gasteiger partial charge is 0.337 e. The van der Waals surface area contributed by atoms with Gasteiger partial charge >= 0.3 is 0 Å². The third-order valence-corrected chi connectivity index (χ3v) is 5.12. The summed E-state index contributed by atoms with van der Waals surface area (Å²) in [5, 5.41) is 3.57. The lowest BCUT2D eigenvalue weighted by atomic mass is 9.88. The minimum Gasteiger partial charge on any atom is -0.337 e. The zero-order valence-electron chi connectivity index (χ0n) is 12.0. The van der Waals surface area contributed by atoms with E-state index in [1.165, 1.54) is 12.8 Å². The zero-order chi connectivity index (χ0) is 13.7. The molecule has 5 heteroatoms. The van der Waals surface area contributed by atoms with Crippen LogP contribution in [0, 0.1) is 5.92 Å². The molecule has 3 aliphatic rings. The molecule has 1 amide bonds. The number of nitrogens with zero attached hydrogens (tertiary/aromatic N) is 3. The van der Waals surface area contributed by atoms with Gasteiger partial charge in [0.2, 0.25) is 5.91 Å². The first kappa shape index (κ1) is 12.4. The van der Waals surface area contributed by atoms with Crippen molar-refractivity contribution >= 4 is 5.91 Å². The van der Waals surface area contributed by atoms with Gasteiger partial charge in [-0.2, -0.15) is 0 Å². The van der Waals surface area contributed by atoms with Crippen LogP contribution in [0.2, 0.25) is 0 Å². The third-order valence-electron chi connectivity index (χ3n) is 5.12. The summed E-state index contributed by atoms with van der Waals surface area (Å²) in [4.78, 5) is 19.4. The quantitative estimate of drug-likeness (QED) is 0.893. The normalized spacial score (nSPS) is 31.8. The maximum absolute atomic E-state index is 12.9. The van der Waals surface area contributed by atoms with Crippen molar-refractivity contribution in [3.05, 3.63) is 18.2 Å². The molecule has 1 N–H and O–H groups in total. The highest BCUT2D eigenvalue weighted by Gasteiger charge is 2.46. The predicted octanol–water partition coefficient (Wildman–Crippen LogP) is 1.05. The van der Waals surface area contributed by atoms with E-state index in [0.29, 0.717) is 30.6 Å². The molecule has 1 aromatic rings. The summed E-state index contributed by atoms with van der Waals surface area (Å²) in [6.45, 7) is 0.668. The first-order valence-electron chi connectivity index (χ1n) is 7.75. The maximum Gasteiger partial charge on any atom is 0.227 e. The van der Waals surface area contributed by atoms with Gasteiger partial charge in [-0.15, -0.1) is 0 Å². The number of carbonyl (C=O) groups excluding carboxylic acids is 1. The molecule has 0 aromatic carbocycles. The number of hydrogen-bond acceptors (Lipinski definition) is 3. The summed E-state index contributed by atoms with van der Waals surface area (Å²) >= 11 is 0. The van der Waals surface area contributed by atoms with Gasteiger partial charge in [-0.1, -0.05) is 0 Å². The minimum atomic E-state index is 0.203. The van der Waals surface area contributed by atoms with Crippen molar-refractivity contribution in [3.8, 4) is 0 Å². The van der Waals surface area contributed by atoms with E-state index in [9.17, 15) is 4.79 Å². The molecule has 0 spiro atoms. The molecule has 2 saturated heterocycles. The summed E-state index contributed by atoms with van der Waals surface area (Å²) < 4.78 is 2.02. The molecule has 0 radical (unpaired) electrons. The van der Waals surface area contributed by atoms with Gasteiger partial charge in [-0.3, -0.25) is 4.79 Å². The van der Waals surface area contributed by atoms with E-state index in [0.717, 1.165) is 25.1 Å². The van der Waals surface area contributed by atoms with Crippen molar-refractivity contribution in [2.24, 2.45) is 13.0 Å². The topological polar surface area (TPSA) is 50.2 Å². The number of aromatic nitrogens is 2. The molecule has 3 fully saturated rings.